The second-order valence-corrected chi connectivity index (χ2v) is 10.8. The molecule has 1 nitrogen and oxygen atoms in total. The van der Waals surface area contributed by atoms with Crippen LogP contribution < -0.4 is 0 Å². The summed E-state index contributed by atoms with van der Waals surface area (Å²) in [6, 6.07) is 0. The van der Waals surface area contributed by atoms with Gasteiger partial charge in [0.05, 0.1) is 5.70 Å². The molecule has 2 heteroatoms. The van der Waals surface area contributed by atoms with E-state index in [0.29, 0.717) is 15.3 Å². The van der Waals surface area contributed by atoms with Crippen molar-refractivity contribution in [3.8, 4) is 0 Å². The minimum atomic E-state index is 0.523. The van der Waals surface area contributed by atoms with Crippen molar-refractivity contribution in [3.05, 3.63) is 57.9 Å². The highest BCUT2D eigenvalue weighted by atomic mass is 127. The molecule has 2 fully saturated rings. The van der Waals surface area contributed by atoms with Crippen molar-refractivity contribution < 1.29 is 0 Å². The fraction of sp³-hybridized carbons (Fsp3) is 0.560. The molecule has 0 aliphatic heterocycles. The highest BCUT2D eigenvalue weighted by molar-refractivity contribution is 14.1. The first kappa shape index (κ1) is 18.1. The predicted molar refractivity (Wildman–Crippen MR) is 123 cm³/mol. The van der Waals surface area contributed by atoms with Gasteiger partial charge in [0.15, 0.2) is 0 Å². The molecular weight excluding hydrogens is 441 g/mol. The van der Waals surface area contributed by atoms with Crippen molar-refractivity contribution in [1.29, 1.82) is 0 Å². The average Bonchev–Trinajstić information content (AvgIpc) is 3.40. The molecule has 1 spiro atoms. The maximum atomic E-state index is 4.46. The van der Waals surface area contributed by atoms with Crippen molar-refractivity contribution >= 4 is 29.3 Å². The zero-order valence-electron chi connectivity index (χ0n) is 16.3. The average molecular weight is 471 g/mol. The van der Waals surface area contributed by atoms with Gasteiger partial charge in [-0.15, -0.1) is 0 Å². The molecule has 0 aromatic carbocycles. The maximum absolute atomic E-state index is 4.46. The Labute approximate surface area is 177 Å². The van der Waals surface area contributed by atoms with Crippen LogP contribution in [-0.4, -0.2) is 10.6 Å². The summed E-state index contributed by atoms with van der Waals surface area (Å²) in [5.74, 6) is 0.670. The van der Waals surface area contributed by atoms with E-state index in [0.717, 1.165) is 6.42 Å². The van der Waals surface area contributed by atoms with Gasteiger partial charge in [-0.2, -0.15) is 0 Å². The van der Waals surface area contributed by atoms with Gasteiger partial charge in [0.1, 0.15) is 0 Å². The van der Waals surface area contributed by atoms with Gasteiger partial charge in [-0.3, -0.25) is 4.99 Å². The van der Waals surface area contributed by atoms with Crippen molar-refractivity contribution in [2.45, 2.75) is 74.6 Å². The van der Waals surface area contributed by atoms with E-state index in [1.807, 2.05) is 5.57 Å². The predicted octanol–water partition coefficient (Wildman–Crippen LogP) is 7.41. The summed E-state index contributed by atoms with van der Waals surface area (Å²) >= 11 is 2.61. The molecule has 5 aliphatic rings. The van der Waals surface area contributed by atoms with Crippen LogP contribution in [0.4, 0.5) is 0 Å². The summed E-state index contributed by atoms with van der Waals surface area (Å²) < 4.78 is 0.701. The Balaban J connectivity index is 1.49. The molecule has 0 radical (unpaired) electrons. The molecule has 0 aromatic heterocycles. The minimum Gasteiger partial charge on any atom is -0.264 e. The fourth-order valence-electron chi connectivity index (χ4n) is 5.66. The van der Waals surface area contributed by atoms with Gasteiger partial charge in [0.2, 0.25) is 0 Å². The molecule has 2 unspecified atom stereocenters. The summed E-state index contributed by atoms with van der Waals surface area (Å²) in [6.45, 7) is 3.90. The third-order valence-corrected chi connectivity index (χ3v) is 8.58. The standard InChI is InChI=1S/C25H30IN/c1-27-24(17-4-2-5-17)19-8-9-20-16-25(12-13-25)23-7-3-6-22(26)11-10-18(23)14-21(20)15-19/h8-11,21-22H,1-7,12-16H2/b11-10-. The van der Waals surface area contributed by atoms with E-state index in [1.165, 1.54) is 75.5 Å². The molecule has 0 N–H and O–H groups in total. The Kier molecular flexibility index (Phi) is 4.82. The number of hydrogen-bond donors (Lipinski definition) is 0. The van der Waals surface area contributed by atoms with Gasteiger partial charge < -0.3 is 0 Å². The summed E-state index contributed by atoms with van der Waals surface area (Å²) in [6.07, 6.45) is 24.2. The molecule has 2 atom stereocenters. The second-order valence-electron chi connectivity index (χ2n) is 9.23. The van der Waals surface area contributed by atoms with Crippen molar-refractivity contribution in [1.82, 2.24) is 0 Å². The van der Waals surface area contributed by atoms with Gasteiger partial charge in [0, 0.05) is 3.92 Å². The third kappa shape index (κ3) is 3.36. The number of hydrogen-bond acceptors (Lipinski definition) is 1. The van der Waals surface area contributed by atoms with E-state index in [-0.39, 0.29) is 0 Å². The largest absolute Gasteiger partial charge is 0.264 e. The van der Waals surface area contributed by atoms with Gasteiger partial charge in [0.25, 0.3) is 0 Å². The zero-order valence-corrected chi connectivity index (χ0v) is 18.4. The fourth-order valence-corrected chi connectivity index (χ4v) is 6.31. The minimum absolute atomic E-state index is 0.523. The molecule has 0 bridgehead atoms. The normalized spacial score (nSPS) is 32.7. The zero-order chi connectivity index (χ0) is 18.4. The van der Waals surface area contributed by atoms with Crippen LogP contribution >= 0.6 is 22.6 Å². The molecule has 0 aromatic rings. The summed E-state index contributed by atoms with van der Waals surface area (Å²) in [7, 11) is 0. The number of nitrogens with zero attached hydrogens (tertiary/aromatic N) is 1. The number of aliphatic imine (C=N–C) groups is 1. The molecule has 5 aliphatic carbocycles. The van der Waals surface area contributed by atoms with E-state index < -0.39 is 0 Å². The Morgan fingerprint density at radius 2 is 1.96 bits per heavy atom. The van der Waals surface area contributed by atoms with E-state index in [9.17, 15) is 0 Å². The number of rotatable bonds is 2. The lowest BCUT2D eigenvalue weighted by atomic mass is 9.78. The van der Waals surface area contributed by atoms with E-state index >= 15 is 0 Å². The highest BCUT2D eigenvalue weighted by Gasteiger charge is 2.49. The lowest BCUT2D eigenvalue weighted by Gasteiger charge is -2.28. The molecule has 0 amide bonds. The quantitative estimate of drug-likeness (QED) is 0.226. The third-order valence-electron chi connectivity index (χ3n) is 7.55. The van der Waals surface area contributed by atoms with Gasteiger partial charge >= 0.3 is 0 Å². The van der Waals surface area contributed by atoms with Crippen molar-refractivity contribution in [2.24, 2.45) is 16.3 Å². The first-order valence-corrected chi connectivity index (χ1v) is 12.1. The number of halogens is 1. The summed E-state index contributed by atoms with van der Waals surface area (Å²) in [5, 5.41) is 0. The lowest BCUT2D eigenvalue weighted by molar-refractivity contribution is 0.522. The van der Waals surface area contributed by atoms with Gasteiger partial charge in [-0.25, -0.2) is 0 Å². The number of alkyl halides is 1. The Hall–Kier alpha value is -0.900. The molecule has 0 heterocycles. The highest BCUT2D eigenvalue weighted by Crippen LogP contribution is 2.62. The number of allylic oxidation sites excluding steroid dienone is 9. The summed E-state index contributed by atoms with van der Waals surface area (Å²) in [5.41, 5.74) is 9.98. The first-order chi connectivity index (χ1) is 13.2. The smallest absolute Gasteiger partial charge is 0.0646 e. The lowest BCUT2D eigenvalue weighted by Crippen LogP contribution is -2.13. The van der Waals surface area contributed by atoms with Gasteiger partial charge in [-0.05, 0) is 105 Å². The van der Waals surface area contributed by atoms with Crippen LogP contribution in [-0.2, 0) is 0 Å². The topological polar surface area (TPSA) is 12.4 Å². The van der Waals surface area contributed by atoms with Crippen LogP contribution in [0, 0.1) is 11.3 Å². The van der Waals surface area contributed by atoms with Crippen LogP contribution in [0.2, 0.25) is 0 Å². The van der Waals surface area contributed by atoms with Crippen LogP contribution in [0.25, 0.3) is 0 Å². The van der Waals surface area contributed by atoms with E-state index in [1.54, 1.807) is 16.7 Å². The SMILES string of the molecule is C=NC(C1=CC=C2CC3(CC3)C3=C(/C=C\C(I)CCC3)CC2C1)=C1CCC1. The van der Waals surface area contributed by atoms with E-state index in [2.05, 4.69) is 58.6 Å². The first-order valence-electron chi connectivity index (χ1n) is 10.8. The second kappa shape index (κ2) is 7.17. The van der Waals surface area contributed by atoms with Crippen LogP contribution in [0.15, 0.2) is 62.9 Å². The van der Waals surface area contributed by atoms with Crippen molar-refractivity contribution in [2.75, 3.05) is 0 Å². The molecular formula is C25H30IN. The molecule has 142 valence electrons. The van der Waals surface area contributed by atoms with Gasteiger partial charge in [-0.1, -0.05) is 58.0 Å². The molecule has 0 saturated heterocycles. The summed E-state index contributed by atoms with van der Waals surface area (Å²) in [4.78, 5) is 4.46. The van der Waals surface area contributed by atoms with Crippen LogP contribution in [0.5, 0.6) is 0 Å². The van der Waals surface area contributed by atoms with Crippen LogP contribution in [0.1, 0.15) is 70.6 Å². The van der Waals surface area contributed by atoms with Crippen LogP contribution in [0.3, 0.4) is 0 Å². The maximum Gasteiger partial charge on any atom is 0.0646 e. The Bertz CT molecular complexity index is 809. The Morgan fingerprint density at radius 3 is 2.67 bits per heavy atom. The van der Waals surface area contributed by atoms with E-state index in [4.69, 9.17) is 0 Å². The molecule has 27 heavy (non-hydrogen) atoms. The number of fused-ring (bicyclic) bond motifs is 2. The Morgan fingerprint density at radius 1 is 1.11 bits per heavy atom. The van der Waals surface area contributed by atoms with Crippen molar-refractivity contribution in [3.63, 3.8) is 0 Å². The molecule has 2 saturated carbocycles. The monoisotopic (exact) mass is 471 g/mol. The molecule has 5 rings (SSSR count).